The van der Waals surface area contributed by atoms with Gasteiger partial charge in [0.25, 0.3) is 0 Å². The topological polar surface area (TPSA) is 35.2 Å². The number of ether oxygens (including phenoxy) is 1. The van der Waals surface area contributed by atoms with E-state index in [0.29, 0.717) is 23.5 Å². The molecule has 0 fully saturated rings. The van der Waals surface area contributed by atoms with Crippen LogP contribution in [-0.4, -0.2) is 6.04 Å². The van der Waals surface area contributed by atoms with Gasteiger partial charge < -0.3 is 10.5 Å². The average molecular weight is 385 g/mol. The Hall–Kier alpha value is -1.14. The molecular formula is C16H17FINO. The first-order chi connectivity index (χ1) is 9.60. The number of halogens is 2. The zero-order chi connectivity index (χ0) is 14.5. The molecule has 0 saturated heterocycles. The van der Waals surface area contributed by atoms with Gasteiger partial charge in [0.05, 0.1) is 0 Å². The van der Waals surface area contributed by atoms with Crippen molar-refractivity contribution < 1.29 is 9.13 Å². The highest BCUT2D eigenvalue weighted by molar-refractivity contribution is 14.1. The van der Waals surface area contributed by atoms with E-state index >= 15 is 0 Å². The van der Waals surface area contributed by atoms with Crippen LogP contribution in [0.5, 0.6) is 11.5 Å². The maximum atomic E-state index is 14.0. The van der Waals surface area contributed by atoms with Crippen molar-refractivity contribution in [2.75, 3.05) is 0 Å². The molecule has 0 radical (unpaired) electrons. The van der Waals surface area contributed by atoms with Crippen LogP contribution in [-0.2, 0) is 6.42 Å². The van der Waals surface area contributed by atoms with Crippen LogP contribution in [0, 0.1) is 9.39 Å². The molecule has 0 saturated carbocycles. The molecule has 1 atom stereocenters. The first-order valence-electron chi connectivity index (χ1n) is 6.56. The summed E-state index contributed by atoms with van der Waals surface area (Å²) in [6, 6.07) is 12.5. The third-order valence-electron chi connectivity index (χ3n) is 3.11. The van der Waals surface area contributed by atoms with Crippen molar-refractivity contribution in [2.45, 2.75) is 25.8 Å². The molecule has 2 aromatic carbocycles. The monoisotopic (exact) mass is 385 g/mol. The van der Waals surface area contributed by atoms with Gasteiger partial charge in [-0.1, -0.05) is 13.0 Å². The molecule has 0 bridgehead atoms. The fourth-order valence-corrected chi connectivity index (χ4v) is 2.23. The highest BCUT2D eigenvalue weighted by Gasteiger charge is 2.13. The zero-order valence-corrected chi connectivity index (χ0v) is 13.4. The van der Waals surface area contributed by atoms with E-state index in [4.69, 9.17) is 10.5 Å². The van der Waals surface area contributed by atoms with E-state index in [1.807, 2.05) is 31.2 Å². The minimum absolute atomic E-state index is 0.0639. The fraction of sp³-hybridized carbons (Fsp3) is 0.250. The van der Waals surface area contributed by atoms with Crippen molar-refractivity contribution >= 4 is 22.6 Å². The summed E-state index contributed by atoms with van der Waals surface area (Å²) < 4.78 is 20.9. The summed E-state index contributed by atoms with van der Waals surface area (Å²) in [5.74, 6) is 0.967. The largest absolute Gasteiger partial charge is 0.457 e. The predicted molar refractivity (Wildman–Crippen MR) is 87.6 cm³/mol. The van der Waals surface area contributed by atoms with Crippen LogP contribution in [0.2, 0.25) is 0 Å². The van der Waals surface area contributed by atoms with Gasteiger partial charge in [0, 0.05) is 15.2 Å². The van der Waals surface area contributed by atoms with E-state index in [0.717, 1.165) is 9.99 Å². The fourth-order valence-electron chi connectivity index (χ4n) is 1.87. The molecule has 2 N–H and O–H groups in total. The SMILES string of the molecule is CCC(N)Cc1c(F)cccc1Oc1ccc(I)cc1. The molecule has 0 spiro atoms. The summed E-state index contributed by atoms with van der Waals surface area (Å²) in [4.78, 5) is 0. The zero-order valence-electron chi connectivity index (χ0n) is 11.3. The second-order valence-corrected chi connectivity index (χ2v) is 5.89. The smallest absolute Gasteiger partial charge is 0.133 e. The molecule has 20 heavy (non-hydrogen) atoms. The van der Waals surface area contributed by atoms with Crippen LogP contribution in [0.4, 0.5) is 4.39 Å². The Morgan fingerprint density at radius 3 is 2.55 bits per heavy atom. The second-order valence-electron chi connectivity index (χ2n) is 4.64. The van der Waals surface area contributed by atoms with Crippen molar-refractivity contribution in [3.63, 3.8) is 0 Å². The van der Waals surface area contributed by atoms with E-state index in [2.05, 4.69) is 22.6 Å². The Balaban J connectivity index is 2.26. The van der Waals surface area contributed by atoms with Crippen LogP contribution < -0.4 is 10.5 Å². The molecule has 4 heteroatoms. The van der Waals surface area contributed by atoms with Crippen molar-refractivity contribution in [1.82, 2.24) is 0 Å². The van der Waals surface area contributed by atoms with E-state index in [1.165, 1.54) is 6.07 Å². The van der Waals surface area contributed by atoms with Crippen LogP contribution in [0.3, 0.4) is 0 Å². The first-order valence-corrected chi connectivity index (χ1v) is 7.64. The standard InChI is InChI=1S/C16H17FINO/c1-2-12(19)10-14-15(17)4-3-5-16(14)20-13-8-6-11(18)7-9-13/h3-9,12H,2,10,19H2,1H3. The summed E-state index contributed by atoms with van der Waals surface area (Å²) in [6.45, 7) is 1.99. The van der Waals surface area contributed by atoms with Gasteiger partial charge in [-0.25, -0.2) is 4.39 Å². The minimum Gasteiger partial charge on any atom is -0.457 e. The lowest BCUT2D eigenvalue weighted by atomic mass is 10.0. The molecule has 2 aromatic rings. The lowest BCUT2D eigenvalue weighted by molar-refractivity contribution is 0.461. The number of nitrogens with two attached hydrogens (primary N) is 1. The maximum absolute atomic E-state index is 14.0. The number of hydrogen-bond donors (Lipinski definition) is 1. The van der Waals surface area contributed by atoms with E-state index in [1.54, 1.807) is 12.1 Å². The Kier molecular flexibility index (Phi) is 5.37. The highest BCUT2D eigenvalue weighted by Crippen LogP contribution is 2.28. The van der Waals surface area contributed by atoms with Crippen LogP contribution >= 0.6 is 22.6 Å². The Morgan fingerprint density at radius 1 is 1.20 bits per heavy atom. The molecule has 0 amide bonds. The van der Waals surface area contributed by atoms with Crippen LogP contribution in [0.1, 0.15) is 18.9 Å². The third kappa shape index (κ3) is 3.93. The molecule has 2 rings (SSSR count). The second kappa shape index (κ2) is 7.04. The Morgan fingerprint density at radius 2 is 1.90 bits per heavy atom. The molecule has 0 aliphatic carbocycles. The lowest BCUT2D eigenvalue weighted by Crippen LogP contribution is -2.22. The number of benzene rings is 2. The normalized spacial score (nSPS) is 12.2. The summed E-state index contributed by atoms with van der Waals surface area (Å²) in [6.07, 6.45) is 1.28. The van der Waals surface area contributed by atoms with E-state index in [9.17, 15) is 4.39 Å². The summed E-state index contributed by atoms with van der Waals surface area (Å²) in [7, 11) is 0. The molecule has 0 heterocycles. The van der Waals surface area contributed by atoms with E-state index < -0.39 is 0 Å². The Bertz CT molecular complexity index is 571. The maximum Gasteiger partial charge on any atom is 0.133 e. The molecule has 0 aromatic heterocycles. The average Bonchev–Trinajstić information content (AvgIpc) is 2.45. The van der Waals surface area contributed by atoms with Gasteiger partial charge in [-0.15, -0.1) is 0 Å². The van der Waals surface area contributed by atoms with Crippen LogP contribution in [0.15, 0.2) is 42.5 Å². The van der Waals surface area contributed by atoms with Gasteiger partial charge in [0.1, 0.15) is 17.3 Å². The summed E-state index contributed by atoms with van der Waals surface area (Å²) in [5, 5.41) is 0. The van der Waals surface area contributed by atoms with Gasteiger partial charge in [-0.2, -0.15) is 0 Å². The molecule has 0 aliphatic rings. The quantitative estimate of drug-likeness (QED) is 0.770. The highest BCUT2D eigenvalue weighted by atomic mass is 127. The molecular weight excluding hydrogens is 368 g/mol. The van der Waals surface area contributed by atoms with Crippen molar-refractivity contribution in [1.29, 1.82) is 0 Å². The molecule has 2 nitrogen and oxygen atoms in total. The van der Waals surface area contributed by atoms with Gasteiger partial charge in [0.15, 0.2) is 0 Å². The molecule has 0 aliphatic heterocycles. The number of rotatable bonds is 5. The first kappa shape index (κ1) is 15.3. The van der Waals surface area contributed by atoms with Crippen molar-refractivity contribution in [3.8, 4) is 11.5 Å². The molecule has 106 valence electrons. The van der Waals surface area contributed by atoms with Gasteiger partial charge in [0.2, 0.25) is 0 Å². The van der Waals surface area contributed by atoms with Crippen LogP contribution in [0.25, 0.3) is 0 Å². The number of hydrogen-bond acceptors (Lipinski definition) is 2. The minimum atomic E-state index is -0.267. The predicted octanol–water partition coefficient (Wildman–Crippen LogP) is 4.50. The van der Waals surface area contributed by atoms with Gasteiger partial charge in [-0.3, -0.25) is 0 Å². The van der Waals surface area contributed by atoms with Gasteiger partial charge in [-0.05, 0) is 71.8 Å². The third-order valence-corrected chi connectivity index (χ3v) is 3.83. The van der Waals surface area contributed by atoms with Gasteiger partial charge >= 0.3 is 0 Å². The Labute approximate surface area is 132 Å². The summed E-state index contributed by atoms with van der Waals surface area (Å²) >= 11 is 2.23. The summed E-state index contributed by atoms with van der Waals surface area (Å²) in [5.41, 5.74) is 6.47. The van der Waals surface area contributed by atoms with E-state index in [-0.39, 0.29) is 11.9 Å². The lowest BCUT2D eigenvalue weighted by Gasteiger charge is -2.15. The molecule has 1 unspecified atom stereocenters. The van der Waals surface area contributed by atoms with Crippen molar-refractivity contribution in [3.05, 3.63) is 57.4 Å². The van der Waals surface area contributed by atoms with Crippen molar-refractivity contribution in [2.24, 2.45) is 5.73 Å².